The second-order valence-corrected chi connectivity index (χ2v) is 9.13. The lowest BCUT2D eigenvalue weighted by Crippen LogP contribution is -2.51. The smallest absolute Gasteiger partial charge is 0.244 e. The van der Waals surface area contributed by atoms with Crippen LogP contribution in [0.4, 0.5) is 4.39 Å². The lowest BCUT2D eigenvalue weighted by molar-refractivity contribution is -0.142. The van der Waals surface area contributed by atoms with Gasteiger partial charge < -0.3 is 14.4 Å². The molecule has 1 unspecified atom stereocenters. The minimum absolute atomic E-state index is 0.0313. The van der Waals surface area contributed by atoms with Crippen molar-refractivity contribution >= 4 is 16.7 Å². The van der Waals surface area contributed by atoms with Gasteiger partial charge >= 0.3 is 0 Å². The van der Waals surface area contributed by atoms with Crippen molar-refractivity contribution in [3.8, 4) is 11.8 Å². The summed E-state index contributed by atoms with van der Waals surface area (Å²) < 4.78 is 25.2. The van der Waals surface area contributed by atoms with Crippen LogP contribution < -0.4 is 4.74 Å². The summed E-state index contributed by atoms with van der Waals surface area (Å²) in [5, 5.41) is 11.5. The van der Waals surface area contributed by atoms with E-state index < -0.39 is 6.04 Å². The third-order valence-corrected chi connectivity index (χ3v) is 6.43. The molecule has 0 bridgehead atoms. The Hall–Kier alpha value is -3.47. The molecule has 3 atom stereocenters. The molecule has 6 nitrogen and oxygen atoms in total. The molecule has 0 spiro atoms. The predicted molar refractivity (Wildman–Crippen MR) is 132 cm³/mol. The molecule has 1 amide bonds. The van der Waals surface area contributed by atoms with Crippen LogP contribution in [-0.4, -0.2) is 55.2 Å². The number of benzene rings is 3. The molecule has 1 heterocycles. The topological polar surface area (TPSA) is 65.8 Å². The Balaban J connectivity index is 1.73. The summed E-state index contributed by atoms with van der Waals surface area (Å²) in [6, 6.07) is 17.3. The minimum Gasteiger partial charge on any atom is -0.495 e. The van der Waals surface area contributed by atoms with E-state index >= 15 is 0 Å². The minimum atomic E-state index is -0.592. The third-order valence-electron chi connectivity index (χ3n) is 6.43. The monoisotopic (exact) mass is 475 g/mol. The quantitative estimate of drug-likeness (QED) is 0.519. The molecule has 4 rings (SSSR count). The normalized spacial score (nSPS) is 19.2. The number of fused-ring (bicyclic) bond motifs is 1. The zero-order chi connectivity index (χ0) is 25.1. The molecular formula is C28H30FN3O3. The molecule has 0 saturated carbocycles. The van der Waals surface area contributed by atoms with E-state index in [4.69, 9.17) is 9.47 Å². The van der Waals surface area contributed by atoms with Gasteiger partial charge in [0.2, 0.25) is 5.91 Å². The fraction of sp³-hybridized carbons (Fsp3) is 0.357. The van der Waals surface area contributed by atoms with Crippen LogP contribution in [0.2, 0.25) is 0 Å². The zero-order valence-electron chi connectivity index (χ0n) is 20.5. The molecule has 3 aromatic rings. The summed E-state index contributed by atoms with van der Waals surface area (Å²) in [4.78, 5) is 17.7. The van der Waals surface area contributed by atoms with E-state index in [0.717, 1.165) is 21.9 Å². The van der Waals surface area contributed by atoms with Crippen molar-refractivity contribution < 1.29 is 18.7 Å². The Morgan fingerprint density at radius 3 is 2.49 bits per heavy atom. The van der Waals surface area contributed by atoms with Crippen molar-refractivity contribution in [3.63, 3.8) is 0 Å². The molecule has 7 heteroatoms. The Bertz CT molecular complexity index is 1240. The molecule has 1 aliphatic heterocycles. The number of rotatable bonds is 6. The standard InChI is InChI=1S/C28H30FN3O3/c1-18-15-32(16-19(2)35-18)26(20-9-11-23(29)12-10-20)28(33)31(3)17-25-24-8-6-5-7-21(24)13-22(14-30)27(25)34-4/h5-13,18-19,26H,15-17H2,1-4H3/t18-,19+,26?. The first-order valence-corrected chi connectivity index (χ1v) is 11.7. The highest BCUT2D eigenvalue weighted by Gasteiger charge is 2.35. The summed E-state index contributed by atoms with van der Waals surface area (Å²) in [5.41, 5.74) is 1.93. The molecule has 3 aromatic carbocycles. The number of hydrogen-bond acceptors (Lipinski definition) is 5. The summed E-state index contributed by atoms with van der Waals surface area (Å²) >= 11 is 0. The number of hydrogen-bond donors (Lipinski definition) is 0. The van der Waals surface area contributed by atoms with Gasteiger partial charge in [-0.05, 0) is 48.4 Å². The largest absolute Gasteiger partial charge is 0.495 e. The first kappa shape index (κ1) is 24.6. The van der Waals surface area contributed by atoms with E-state index in [-0.39, 0.29) is 30.5 Å². The molecular weight excluding hydrogens is 445 g/mol. The molecule has 0 aromatic heterocycles. The lowest BCUT2D eigenvalue weighted by Gasteiger charge is -2.40. The highest BCUT2D eigenvalue weighted by molar-refractivity contribution is 5.91. The van der Waals surface area contributed by atoms with Gasteiger partial charge in [0.1, 0.15) is 23.7 Å². The first-order chi connectivity index (χ1) is 16.8. The molecule has 1 saturated heterocycles. The van der Waals surface area contributed by atoms with Crippen molar-refractivity contribution in [2.45, 2.75) is 38.6 Å². The molecule has 1 fully saturated rings. The Morgan fingerprint density at radius 2 is 1.86 bits per heavy atom. The highest BCUT2D eigenvalue weighted by atomic mass is 19.1. The number of nitriles is 1. The van der Waals surface area contributed by atoms with Crippen LogP contribution >= 0.6 is 0 Å². The Labute approximate surface area is 205 Å². The number of carbonyl (C=O) groups is 1. The number of carbonyl (C=O) groups excluding carboxylic acids is 1. The fourth-order valence-corrected chi connectivity index (χ4v) is 4.98. The number of amides is 1. The van der Waals surface area contributed by atoms with E-state index in [1.54, 1.807) is 30.1 Å². The van der Waals surface area contributed by atoms with Gasteiger partial charge in [-0.2, -0.15) is 5.26 Å². The van der Waals surface area contributed by atoms with Crippen molar-refractivity contribution in [1.29, 1.82) is 5.26 Å². The Kier molecular flexibility index (Phi) is 7.34. The predicted octanol–water partition coefficient (Wildman–Crippen LogP) is 4.67. The average molecular weight is 476 g/mol. The summed E-state index contributed by atoms with van der Waals surface area (Å²) in [6.45, 7) is 5.40. The number of ether oxygens (including phenoxy) is 2. The van der Waals surface area contributed by atoms with Crippen LogP contribution in [-0.2, 0) is 16.1 Å². The van der Waals surface area contributed by atoms with Gasteiger partial charge in [-0.1, -0.05) is 36.4 Å². The van der Waals surface area contributed by atoms with Crippen molar-refractivity contribution in [2.75, 3.05) is 27.2 Å². The Morgan fingerprint density at radius 1 is 1.20 bits per heavy atom. The lowest BCUT2D eigenvalue weighted by atomic mass is 9.98. The van der Waals surface area contributed by atoms with Crippen LogP contribution in [0, 0.1) is 17.1 Å². The fourth-order valence-electron chi connectivity index (χ4n) is 4.98. The highest BCUT2D eigenvalue weighted by Crippen LogP contribution is 2.34. The number of nitrogens with zero attached hydrogens (tertiary/aromatic N) is 3. The van der Waals surface area contributed by atoms with Crippen LogP contribution in [0.25, 0.3) is 10.8 Å². The van der Waals surface area contributed by atoms with Crippen molar-refractivity contribution in [2.24, 2.45) is 0 Å². The summed E-state index contributed by atoms with van der Waals surface area (Å²) in [6.07, 6.45) is -0.0627. The SMILES string of the molecule is COc1c(C#N)cc2ccccc2c1CN(C)C(=O)C(c1ccc(F)cc1)N1C[C@@H](C)O[C@@H](C)C1. The van der Waals surface area contributed by atoms with Gasteiger partial charge in [0, 0.05) is 32.2 Å². The van der Waals surface area contributed by atoms with Gasteiger partial charge in [-0.3, -0.25) is 9.69 Å². The third kappa shape index (κ3) is 5.14. The molecule has 1 aliphatic rings. The van der Waals surface area contributed by atoms with E-state index in [1.165, 1.54) is 19.2 Å². The van der Waals surface area contributed by atoms with Crippen molar-refractivity contribution in [1.82, 2.24) is 9.80 Å². The molecule has 35 heavy (non-hydrogen) atoms. The first-order valence-electron chi connectivity index (χ1n) is 11.7. The summed E-state index contributed by atoms with van der Waals surface area (Å²) in [7, 11) is 3.29. The van der Waals surface area contributed by atoms with Crippen LogP contribution in [0.3, 0.4) is 0 Å². The van der Waals surface area contributed by atoms with E-state index in [0.29, 0.717) is 24.4 Å². The second kappa shape index (κ2) is 10.4. The number of morpholine rings is 1. The zero-order valence-corrected chi connectivity index (χ0v) is 20.5. The maximum Gasteiger partial charge on any atom is 0.244 e. The number of methoxy groups -OCH3 is 1. The molecule has 182 valence electrons. The van der Waals surface area contributed by atoms with Gasteiger partial charge in [-0.15, -0.1) is 0 Å². The summed E-state index contributed by atoms with van der Waals surface area (Å²) in [5.74, 6) is 0.00532. The van der Waals surface area contributed by atoms with Gasteiger partial charge in [-0.25, -0.2) is 4.39 Å². The maximum absolute atomic E-state index is 14.0. The molecule has 0 radical (unpaired) electrons. The van der Waals surface area contributed by atoms with Crippen LogP contribution in [0.1, 0.15) is 36.6 Å². The second-order valence-electron chi connectivity index (χ2n) is 9.13. The van der Waals surface area contributed by atoms with E-state index in [1.807, 2.05) is 38.1 Å². The average Bonchev–Trinajstić information content (AvgIpc) is 2.84. The van der Waals surface area contributed by atoms with Crippen LogP contribution in [0.5, 0.6) is 5.75 Å². The van der Waals surface area contributed by atoms with Gasteiger partial charge in [0.15, 0.2) is 0 Å². The van der Waals surface area contributed by atoms with Gasteiger partial charge in [0.05, 0.1) is 24.9 Å². The van der Waals surface area contributed by atoms with Crippen molar-refractivity contribution in [3.05, 3.63) is 77.1 Å². The number of likely N-dealkylation sites (N-methyl/N-ethyl adjacent to an activating group) is 1. The molecule has 0 aliphatic carbocycles. The van der Waals surface area contributed by atoms with Crippen LogP contribution in [0.15, 0.2) is 54.6 Å². The van der Waals surface area contributed by atoms with E-state index in [2.05, 4.69) is 11.0 Å². The van der Waals surface area contributed by atoms with E-state index in [9.17, 15) is 14.4 Å². The number of halogens is 1. The maximum atomic E-state index is 14.0. The van der Waals surface area contributed by atoms with Gasteiger partial charge in [0.25, 0.3) is 0 Å². The molecule has 0 N–H and O–H groups in total.